The fraction of sp³-hybridized carbons (Fsp3) is 0.588. The van der Waals surface area contributed by atoms with Crippen LogP contribution in [0.4, 0.5) is 0 Å². The SMILES string of the molecule is CCCCCCC(=O)Oc1ccc(CCCC)cc1. The van der Waals surface area contributed by atoms with E-state index in [4.69, 9.17) is 4.74 Å². The Balaban J connectivity index is 2.29. The Hall–Kier alpha value is -1.31. The van der Waals surface area contributed by atoms with Gasteiger partial charge in [0, 0.05) is 6.42 Å². The molecule has 0 bridgehead atoms. The van der Waals surface area contributed by atoms with Crippen molar-refractivity contribution in [1.29, 1.82) is 0 Å². The molecule has 106 valence electrons. The van der Waals surface area contributed by atoms with Gasteiger partial charge in [0.1, 0.15) is 5.75 Å². The van der Waals surface area contributed by atoms with Crippen LogP contribution in [0.15, 0.2) is 24.3 Å². The molecule has 0 aromatic heterocycles. The van der Waals surface area contributed by atoms with Crippen molar-refractivity contribution in [2.45, 2.75) is 65.2 Å². The molecular formula is C17H26O2. The van der Waals surface area contributed by atoms with Crippen molar-refractivity contribution < 1.29 is 9.53 Å². The second kappa shape index (κ2) is 9.60. The van der Waals surface area contributed by atoms with Gasteiger partial charge in [-0.1, -0.05) is 51.7 Å². The van der Waals surface area contributed by atoms with Gasteiger partial charge in [0.25, 0.3) is 0 Å². The van der Waals surface area contributed by atoms with Crippen molar-refractivity contribution >= 4 is 5.97 Å². The Labute approximate surface area is 117 Å². The minimum atomic E-state index is -0.114. The first-order valence-electron chi connectivity index (χ1n) is 7.56. The molecule has 0 fully saturated rings. The molecule has 0 spiro atoms. The molecule has 0 saturated heterocycles. The van der Waals surface area contributed by atoms with Crippen LogP contribution in [-0.4, -0.2) is 5.97 Å². The molecule has 0 unspecified atom stereocenters. The number of aryl methyl sites for hydroxylation is 1. The Kier molecular flexibility index (Phi) is 7.95. The fourth-order valence-electron chi connectivity index (χ4n) is 1.98. The average molecular weight is 262 g/mol. The number of hydrogen-bond acceptors (Lipinski definition) is 2. The monoisotopic (exact) mass is 262 g/mol. The molecule has 0 atom stereocenters. The van der Waals surface area contributed by atoms with Gasteiger partial charge in [-0.05, 0) is 37.0 Å². The lowest BCUT2D eigenvalue weighted by Crippen LogP contribution is -2.07. The van der Waals surface area contributed by atoms with Crippen LogP contribution >= 0.6 is 0 Å². The van der Waals surface area contributed by atoms with Gasteiger partial charge in [-0.15, -0.1) is 0 Å². The molecule has 0 aliphatic heterocycles. The summed E-state index contributed by atoms with van der Waals surface area (Å²) in [4.78, 5) is 11.6. The lowest BCUT2D eigenvalue weighted by molar-refractivity contribution is -0.134. The van der Waals surface area contributed by atoms with Crippen LogP contribution in [0, 0.1) is 0 Å². The topological polar surface area (TPSA) is 26.3 Å². The van der Waals surface area contributed by atoms with E-state index in [-0.39, 0.29) is 5.97 Å². The second-order valence-electron chi connectivity index (χ2n) is 5.03. The Bertz CT molecular complexity index is 354. The van der Waals surface area contributed by atoms with Crippen LogP contribution in [-0.2, 0) is 11.2 Å². The molecule has 0 aliphatic rings. The predicted molar refractivity (Wildman–Crippen MR) is 79.4 cm³/mol. The highest BCUT2D eigenvalue weighted by atomic mass is 16.5. The highest BCUT2D eigenvalue weighted by molar-refractivity contribution is 5.72. The van der Waals surface area contributed by atoms with Crippen molar-refractivity contribution in [3.05, 3.63) is 29.8 Å². The van der Waals surface area contributed by atoms with Gasteiger partial charge in [0.05, 0.1) is 0 Å². The van der Waals surface area contributed by atoms with Crippen molar-refractivity contribution in [3.63, 3.8) is 0 Å². The number of carbonyl (C=O) groups is 1. The van der Waals surface area contributed by atoms with Gasteiger partial charge >= 0.3 is 5.97 Å². The molecule has 1 aromatic carbocycles. The van der Waals surface area contributed by atoms with Gasteiger partial charge in [-0.25, -0.2) is 0 Å². The second-order valence-corrected chi connectivity index (χ2v) is 5.03. The molecule has 1 aromatic rings. The maximum Gasteiger partial charge on any atom is 0.311 e. The van der Waals surface area contributed by atoms with Crippen LogP contribution in [0.3, 0.4) is 0 Å². The molecule has 0 heterocycles. The first-order valence-corrected chi connectivity index (χ1v) is 7.56. The molecular weight excluding hydrogens is 236 g/mol. The van der Waals surface area contributed by atoms with Crippen molar-refractivity contribution in [2.24, 2.45) is 0 Å². The van der Waals surface area contributed by atoms with E-state index in [0.717, 1.165) is 19.3 Å². The third kappa shape index (κ3) is 7.00. The summed E-state index contributed by atoms with van der Waals surface area (Å²) in [6.45, 7) is 4.35. The van der Waals surface area contributed by atoms with E-state index in [1.165, 1.54) is 31.2 Å². The summed E-state index contributed by atoms with van der Waals surface area (Å²) >= 11 is 0. The van der Waals surface area contributed by atoms with Crippen molar-refractivity contribution in [3.8, 4) is 5.75 Å². The summed E-state index contributed by atoms with van der Waals surface area (Å²) in [5.41, 5.74) is 1.31. The number of ether oxygens (including phenoxy) is 1. The number of unbranched alkanes of at least 4 members (excludes halogenated alkanes) is 4. The average Bonchev–Trinajstić information content (AvgIpc) is 2.43. The van der Waals surface area contributed by atoms with E-state index in [1.54, 1.807) is 0 Å². The van der Waals surface area contributed by atoms with E-state index in [1.807, 2.05) is 12.1 Å². The standard InChI is InChI=1S/C17H26O2/c1-3-5-7-8-10-17(18)19-16-13-11-15(12-14-16)9-6-4-2/h11-14H,3-10H2,1-2H3. The summed E-state index contributed by atoms with van der Waals surface area (Å²) in [6, 6.07) is 7.90. The molecule has 0 amide bonds. The van der Waals surface area contributed by atoms with Crippen LogP contribution in [0.1, 0.15) is 64.4 Å². The van der Waals surface area contributed by atoms with Gasteiger partial charge < -0.3 is 4.74 Å². The molecule has 19 heavy (non-hydrogen) atoms. The van der Waals surface area contributed by atoms with Crippen molar-refractivity contribution in [1.82, 2.24) is 0 Å². The fourth-order valence-corrected chi connectivity index (χ4v) is 1.98. The highest BCUT2D eigenvalue weighted by Crippen LogP contribution is 2.15. The summed E-state index contributed by atoms with van der Waals surface area (Å²) in [7, 11) is 0. The molecule has 0 radical (unpaired) electrons. The van der Waals surface area contributed by atoms with E-state index < -0.39 is 0 Å². The Morgan fingerprint density at radius 3 is 2.26 bits per heavy atom. The van der Waals surface area contributed by atoms with Crippen molar-refractivity contribution in [2.75, 3.05) is 0 Å². The van der Waals surface area contributed by atoms with E-state index in [9.17, 15) is 4.79 Å². The summed E-state index contributed by atoms with van der Waals surface area (Å²) in [6.07, 6.45) is 8.46. The molecule has 2 heteroatoms. The largest absolute Gasteiger partial charge is 0.427 e. The zero-order valence-corrected chi connectivity index (χ0v) is 12.3. The lowest BCUT2D eigenvalue weighted by Gasteiger charge is -2.05. The Morgan fingerprint density at radius 1 is 0.947 bits per heavy atom. The normalized spacial score (nSPS) is 10.4. The maximum absolute atomic E-state index is 11.6. The number of carbonyl (C=O) groups excluding carboxylic acids is 1. The van der Waals surface area contributed by atoms with Gasteiger partial charge in [0.2, 0.25) is 0 Å². The van der Waals surface area contributed by atoms with Gasteiger partial charge in [-0.3, -0.25) is 4.79 Å². The van der Waals surface area contributed by atoms with Crippen LogP contribution in [0.5, 0.6) is 5.75 Å². The molecule has 1 rings (SSSR count). The lowest BCUT2D eigenvalue weighted by atomic mass is 10.1. The number of esters is 1. The smallest absolute Gasteiger partial charge is 0.311 e. The third-order valence-corrected chi connectivity index (χ3v) is 3.21. The number of rotatable bonds is 9. The first kappa shape index (κ1) is 15.7. The molecule has 2 nitrogen and oxygen atoms in total. The molecule has 0 N–H and O–H groups in total. The van der Waals surface area contributed by atoms with Gasteiger partial charge in [-0.2, -0.15) is 0 Å². The zero-order valence-electron chi connectivity index (χ0n) is 12.3. The van der Waals surface area contributed by atoms with E-state index in [0.29, 0.717) is 12.2 Å². The summed E-state index contributed by atoms with van der Waals surface area (Å²) in [5.74, 6) is 0.554. The van der Waals surface area contributed by atoms with Crippen LogP contribution in [0.25, 0.3) is 0 Å². The third-order valence-electron chi connectivity index (χ3n) is 3.21. The predicted octanol–water partition coefficient (Wildman–Crippen LogP) is 4.91. The van der Waals surface area contributed by atoms with E-state index >= 15 is 0 Å². The first-order chi connectivity index (χ1) is 9.26. The van der Waals surface area contributed by atoms with Crippen LogP contribution < -0.4 is 4.74 Å². The Morgan fingerprint density at radius 2 is 1.63 bits per heavy atom. The summed E-state index contributed by atoms with van der Waals surface area (Å²) in [5, 5.41) is 0. The summed E-state index contributed by atoms with van der Waals surface area (Å²) < 4.78 is 5.32. The molecule has 0 aliphatic carbocycles. The number of hydrogen-bond donors (Lipinski definition) is 0. The minimum absolute atomic E-state index is 0.114. The quantitative estimate of drug-likeness (QED) is 0.359. The van der Waals surface area contributed by atoms with Gasteiger partial charge in [0.15, 0.2) is 0 Å². The minimum Gasteiger partial charge on any atom is -0.427 e. The van der Waals surface area contributed by atoms with Crippen LogP contribution in [0.2, 0.25) is 0 Å². The highest BCUT2D eigenvalue weighted by Gasteiger charge is 2.04. The zero-order chi connectivity index (χ0) is 13.9. The molecule has 0 saturated carbocycles. The van der Waals surface area contributed by atoms with E-state index in [2.05, 4.69) is 26.0 Å². The maximum atomic E-state index is 11.6. The number of benzene rings is 1.